The van der Waals surface area contributed by atoms with E-state index in [1.54, 1.807) is 24.4 Å². The highest BCUT2D eigenvalue weighted by molar-refractivity contribution is 6.46. The first-order valence-corrected chi connectivity index (χ1v) is 6.62. The van der Waals surface area contributed by atoms with E-state index in [1.165, 1.54) is 6.21 Å². The number of carboxylic acids is 1. The van der Waals surface area contributed by atoms with Gasteiger partial charge in [-0.3, -0.25) is 10.4 Å². The minimum absolute atomic E-state index is 0.0233. The van der Waals surface area contributed by atoms with Crippen molar-refractivity contribution in [3.8, 4) is 0 Å². The lowest BCUT2D eigenvalue weighted by Gasteiger charge is -2.09. The van der Waals surface area contributed by atoms with E-state index in [9.17, 15) is 4.79 Å². The minimum Gasteiger partial charge on any atom is -0.476 e. The molecule has 0 atom stereocenters. The summed E-state index contributed by atoms with van der Waals surface area (Å²) in [7, 11) is 0. The van der Waals surface area contributed by atoms with Gasteiger partial charge in [0.1, 0.15) is 10.0 Å². The van der Waals surface area contributed by atoms with Crippen LogP contribution < -0.4 is 5.43 Å². The average molecular weight is 346 g/mol. The summed E-state index contributed by atoms with van der Waals surface area (Å²) in [6, 6.07) is 5.29. The highest BCUT2D eigenvalue weighted by Crippen LogP contribution is 2.36. The summed E-state index contributed by atoms with van der Waals surface area (Å²) in [5.41, 5.74) is 2.78. The third-order valence-corrected chi connectivity index (χ3v) is 3.41. The normalized spacial score (nSPS) is 10.8. The number of nitrogens with one attached hydrogen (secondary N) is 1. The number of anilines is 1. The molecule has 2 rings (SSSR count). The zero-order valence-corrected chi connectivity index (χ0v) is 12.5. The number of hydrazone groups is 1. The first-order chi connectivity index (χ1) is 10.0. The Bertz CT molecular complexity index is 707. The molecule has 0 aliphatic carbocycles. The molecule has 0 aliphatic rings. The van der Waals surface area contributed by atoms with Crippen LogP contribution in [0, 0.1) is 0 Å². The Morgan fingerprint density at radius 2 is 2.05 bits per heavy atom. The van der Waals surface area contributed by atoms with Crippen molar-refractivity contribution >= 4 is 52.7 Å². The molecule has 2 aromatic rings. The molecule has 108 valence electrons. The number of hydrogen-bond acceptors (Lipinski definition) is 5. The lowest BCUT2D eigenvalue weighted by molar-refractivity contribution is 0.0691. The Labute approximate surface area is 134 Å². The lowest BCUT2D eigenvalue weighted by atomic mass is 10.3. The maximum Gasteiger partial charge on any atom is 0.356 e. The number of rotatable bonds is 4. The summed E-state index contributed by atoms with van der Waals surface area (Å²) in [6.45, 7) is 0. The van der Waals surface area contributed by atoms with Gasteiger partial charge in [-0.1, -0.05) is 40.9 Å². The summed E-state index contributed by atoms with van der Waals surface area (Å²) in [4.78, 5) is 18.6. The van der Waals surface area contributed by atoms with Gasteiger partial charge < -0.3 is 5.11 Å². The molecule has 0 bridgehead atoms. The van der Waals surface area contributed by atoms with Gasteiger partial charge in [0, 0.05) is 6.20 Å². The molecule has 21 heavy (non-hydrogen) atoms. The Morgan fingerprint density at radius 3 is 2.67 bits per heavy atom. The van der Waals surface area contributed by atoms with Gasteiger partial charge in [-0.2, -0.15) is 5.10 Å². The van der Waals surface area contributed by atoms with Crippen molar-refractivity contribution in [3.63, 3.8) is 0 Å². The molecule has 0 saturated heterocycles. The third-order valence-electron chi connectivity index (χ3n) is 2.30. The van der Waals surface area contributed by atoms with E-state index < -0.39 is 11.7 Å². The minimum atomic E-state index is -1.32. The van der Waals surface area contributed by atoms with Crippen LogP contribution in [0.2, 0.25) is 15.2 Å². The Balaban J connectivity index is 2.31. The van der Waals surface area contributed by atoms with Gasteiger partial charge in [0.05, 0.1) is 17.6 Å². The van der Waals surface area contributed by atoms with E-state index >= 15 is 0 Å². The van der Waals surface area contributed by atoms with Gasteiger partial charge in [0.15, 0.2) is 10.8 Å². The zero-order valence-electron chi connectivity index (χ0n) is 10.2. The molecule has 0 fully saturated rings. The molecule has 2 heterocycles. The van der Waals surface area contributed by atoms with Crippen molar-refractivity contribution in [3.05, 3.63) is 51.0 Å². The van der Waals surface area contributed by atoms with Crippen molar-refractivity contribution in [2.45, 2.75) is 0 Å². The maximum atomic E-state index is 11.0. The number of carbonyl (C=O) groups is 1. The fourth-order valence-corrected chi connectivity index (χ4v) is 2.04. The summed E-state index contributed by atoms with van der Waals surface area (Å²) < 4.78 is 0. The molecule has 9 heteroatoms. The van der Waals surface area contributed by atoms with Gasteiger partial charge in [0.25, 0.3) is 0 Å². The highest BCUT2D eigenvalue weighted by Gasteiger charge is 2.20. The summed E-state index contributed by atoms with van der Waals surface area (Å²) >= 11 is 17.6. The largest absolute Gasteiger partial charge is 0.476 e. The van der Waals surface area contributed by atoms with E-state index in [0.29, 0.717) is 5.69 Å². The van der Waals surface area contributed by atoms with Crippen LogP contribution in [-0.2, 0) is 0 Å². The highest BCUT2D eigenvalue weighted by atomic mass is 35.5. The van der Waals surface area contributed by atoms with Crippen LogP contribution in [0.4, 0.5) is 5.69 Å². The predicted octanol–water partition coefficient (Wildman–Crippen LogP) is 3.58. The number of aromatic nitrogens is 2. The molecule has 0 unspecified atom stereocenters. The smallest absolute Gasteiger partial charge is 0.356 e. The van der Waals surface area contributed by atoms with Crippen LogP contribution in [0.25, 0.3) is 0 Å². The fourth-order valence-electron chi connectivity index (χ4n) is 1.37. The average Bonchev–Trinajstić information content (AvgIpc) is 2.47. The first kappa shape index (κ1) is 15.5. The number of halogens is 3. The quantitative estimate of drug-likeness (QED) is 0.502. The maximum absolute atomic E-state index is 11.0. The second-order valence-electron chi connectivity index (χ2n) is 3.68. The summed E-state index contributed by atoms with van der Waals surface area (Å²) in [6.07, 6.45) is 3.02. The molecular weight excluding hydrogens is 339 g/mol. The molecular formula is C12H7Cl3N4O2. The van der Waals surface area contributed by atoms with Crippen LogP contribution >= 0.6 is 34.8 Å². The third kappa shape index (κ3) is 3.60. The monoisotopic (exact) mass is 344 g/mol. The van der Waals surface area contributed by atoms with Crippen molar-refractivity contribution in [2.24, 2.45) is 5.10 Å². The molecule has 6 nitrogen and oxygen atoms in total. The van der Waals surface area contributed by atoms with Crippen molar-refractivity contribution in [2.75, 3.05) is 5.43 Å². The van der Waals surface area contributed by atoms with Crippen molar-refractivity contribution in [1.82, 2.24) is 9.97 Å². The molecule has 0 amide bonds. The van der Waals surface area contributed by atoms with Crippen LogP contribution in [0.1, 0.15) is 16.2 Å². The van der Waals surface area contributed by atoms with Gasteiger partial charge in [-0.15, -0.1) is 0 Å². The Kier molecular flexibility index (Phi) is 4.95. The van der Waals surface area contributed by atoms with Gasteiger partial charge in [-0.05, 0) is 12.1 Å². The number of aromatic carboxylic acids is 1. The zero-order chi connectivity index (χ0) is 15.4. The molecule has 2 aromatic heterocycles. The molecule has 0 aromatic carbocycles. The van der Waals surface area contributed by atoms with Crippen LogP contribution in [0.15, 0.2) is 29.5 Å². The second-order valence-corrected chi connectivity index (χ2v) is 4.80. The Morgan fingerprint density at radius 1 is 1.29 bits per heavy atom. The molecule has 0 spiro atoms. The number of hydrogen-bond donors (Lipinski definition) is 2. The van der Waals surface area contributed by atoms with Gasteiger partial charge in [-0.25, -0.2) is 9.78 Å². The summed E-state index contributed by atoms with van der Waals surface area (Å²) in [5, 5.41) is 12.5. The van der Waals surface area contributed by atoms with E-state index in [1.807, 2.05) is 0 Å². The molecule has 0 radical (unpaired) electrons. The molecule has 0 aliphatic heterocycles. The van der Waals surface area contributed by atoms with E-state index in [2.05, 4.69) is 20.5 Å². The van der Waals surface area contributed by atoms with Gasteiger partial charge >= 0.3 is 5.97 Å². The Hall–Kier alpha value is -1.89. The summed E-state index contributed by atoms with van der Waals surface area (Å²) in [5.74, 6) is -1.32. The number of pyridine rings is 2. The first-order valence-electron chi connectivity index (χ1n) is 5.48. The molecule has 0 saturated carbocycles. The van der Waals surface area contributed by atoms with E-state index in [-0.39, 0.29) is 20.9 Å². The standard InChI is InChI=1S/C12H7Cl3N4O2/c13-7-9(8(14)11(15)18-10(7)12(20)21)19-17-5-6-3-1-2-4-16-6/h1-5H,(H,18,19)(H,20,21)/b17-5-. The SMILES string of the molecule is O=C(O)c1nc(Cl)c(Cl)c(N/N=C\c2ccccn2)c1Cl. The van der Waals surface area contributed by atoms with E-state index in [0.717, 1.165) is 0 Å². The van der Waals surface area contributed by atoms with Crippen LogP contribution in [-0.4, -0.2) is 27.3 Å². The predicted molar refractivity (Wildman–Crippen MR) is 81.7 cm³/mol. The number of carboxylic acid groups (broad SMARTS) is 1. The van der Waals surface area contributed by atoms with Gasteiger partial charge in [0.2, 0.25) is 0 Å². The molecule has 2 N–H and O–H groups in total. The van der Waals surface area contributed by atoms with Crippen LogP contribution in [0.3, 0.4) is 0 Å². The van der Waals surface area contributed by atoms with E-state index in [4.69, 9.17) is 39.9 Å². The van der Waals surface area contributed by atoms with Crippen LogP contribution in [0.5, 0.6) is 0 Å². The van der Waals surface area contributed by atoms with Crippen molar-refractivity contribution < 1.29 is 9.90 Å². The fraction of sp³-hybridized carbons (Fsp3) is 0. The lowest BCUT2D eigenvalue weighted by Crippen LogP contribution is -2.05. The topological polar surface area (TPSA) is 87.5 Å². The number of nitrogens with zero attached hydrogens (tertiary/aromatic N) is 3. The van der Waals surface area contributed by atoms with Crippen molar-refractivity contribution in [1.29, 1.82) is 0 Å². The second kappa shape index (κ2) is 6.71.